The van der Waals surface area contributed by atoms with E-state index in [1.165, 1.54) is 12.8 Å². The Morgan fingerprint density at radius 1 is 1.20 bits per heavy atom. The summed E-state index contributed by atoms with van der Waals surface area (Å²) in [5, 5.41) is 3.37. The lowest BCUT2D eigenvalue weighted by Gasteiger charge is -2.30. The molecule has 1 unspecified atom stereocenters. The summed E-state index contributed by atoms with van der Waals surface area (Å²) in [5.74, 6) is 2.84. The molecule has 0 aliphatic carbocycles. The number of hydrogen-bond donors (Lipinski definition) is 1. The minimum absolute atomic E-state index is 0.509. The van der Waals surface area contributed by atoms with Crippen molar-refractivity contribution in [3.63, 3.8) is 0 Å². The van der Waals surface area contributed by atoms with Gasteiger partial charge in [-0.15, -0.1) is 0 Å². The highest BCUT2D eigenvalue weighted by Gasteiger charge is 2.15. The van der Waals surface area contributed by atoms with E-state index < -0.39 is 0 Å². The quantitative estimate of drug-likeness (QED) is 0.741. The number of nitrogens with one attached hydrogen (secondary N) is 1. The molecule has 20 heavy (non-hydrogen) atoms. The first kappa shape index (κ1) is 16.7. The fourth-order valence-corrected chi connectivity index (χ4v) is 2.15. The van der Waals surface area contributed by atoms with E-state index in [4.69, 9.17) is 0 Å². The Hall–Kier alpha value is -1.32. The van der Waals surface area contributed by atoms with Gasteiger partial charge in [0.2, 0.25) is 0 Å². The first-order chi connectivity index (χ1) is 9.62. The third-order valence-electron chi connectivity index (χ3n) is 3.55. The van der Waals surface area contributed by atoms with Gasteiger partial charge in [0, 0.05) is 25.2 Å². The van der Waals surface area contributed by atoms with Crippen molar-refractivity contribution >= 4 is 11.6 Å². The summed E-state index contributed by atoms with van der Waals surface area (Å²) in [5.41, 5.74) is 0. The molecule has 1 aromatic rings. The SMILES string of the molecule is CCCCN(c1cc(NCCC)nc(C)n1)C(C)CC. The van der Waals surface area contributed by atoms with Crippen LogP contribution in [-0.4, -0.2) is 29.1 Å². The third kappa shape index (κ3) is 4.99. The second kappa shape index (κ2) is 8.77. The number of aromatic nitrogens is 2. The number of rotatable bonds is 9. The molecule has 0 spiro atoms. The maximum atomic E-state index is 4.64. The number of anilines is 2. The van der Waals surface area contributed by atoms with Gasteiger partial charge in [0.05, 0.1) is 0 Å². The average Bonchev–Trinajstić information content (AvgIpc) is 2.44. The van der Waals surface area contributed by atoms with Crippen molar-refractivity contribution in [3.8, 4) is 0 Å². The lowest BCUT2D eigenvalue weighted by atomic mass is 10.2. The van der Waals surface area contributed by atoms with Crippen LogP contribution in [0.5, 0.6) is 0 Å². The Bertz CT molecular complexity index is 392. The number of aryl methyl sites for hydroxylation is 1. The molecule has 114 valence electrons. The van der Waals surface area contributed by atoms with Crippen LogP contribution in [-0.2, 0) is 0 Å². The smallest absolute Gasteiger partial charge is 0.134 e. The number of nitrogens with zero attached hydrogens (tertiary/aromatic N) is 3. The van der Waals surface area contributed by atoms with Crippen molar-refractivity contribution < 1.29 is 0 Å². The minimum Gasteiger partial charge on any atom is -0.370 e. The minimum atomic E-state index is 0.509. The van der Waals surface area contributed by atoms with Crippen LogP contribution >= 0.6 is 0 Å². The normalized spacial score (nSPS) is 12.2. The predicted octanol–water partition coefficient (Wildman–Crippen LogP) is 4.01. The summed E-state index contributed by atoms with van der Waals surface area (Å²) in [6, 6.07) is 2.60. The monoisotopic (exact) mass is 278 g/mol. The van der Waals surface area contributed by atoms with E-state index in [9.17, 15) is 0 Å². The predicted molar refractivity (Wildman–Crippen MR) is 87.6 cm³/mol. The van der Waals surface area contributed by atoms with Crippen molar-refractivity contribution in [1.82, 2.24) is 9.97 Å². The summed E-state index contributed by atoms with van der Waals surface area (Å²) in [6.07, 6.45) is 4.64. The Morgan fingerprint density at radius 3 is 2.55 bits per heavy atom. The molecule has 0 aliphatic heterocycles. The maximum Gasteiger partial charge on any atom is 0.134 e. The average molecular weight is 278 g/mol. The molecule has 0 bridgehead atoms. The second-order valence-electron chi connectivity index (χ2n) is 5.39. The topological polar surface area (TPSA) is 41.0 Å². The largest absolute Gasteiger partial charge is 0.370 e. The standard InChI is InChI=1S/C16H30N4/c1-6-9-11-20(13(4)8-3)16-12-15(17-10-7-2)18-14(5)19-16/h12-13H,6-11H2,1-5H3,(H,17,18,19). The van der Waals surface area contributed by atoms with Crippen LogP contribution in [0.3, 0.4) is 0 Å². The summed E-state index contributed by atoms with van der Waals surface area (Å²) < 4.78 is 0. The Kier molecular flexibility index (Phi) is 7.34. The summed E-state index contributed by atoms with van der Waals surface area (Å²) in [4.78, 5) is 11.5. The highest BCUT2D eigenvalue weighted by atomic mass is 15.2. The van der Waals surface area contributed by atoms with Gasteiger partial charge in [0.25, 0.3) is 0 Å². The van der Waals surface area contributed by atoms with Gasteiger partial charge in [-0.3, -0.25) is 0 Å². The number of unbranched alkanes of at least 4 members (excludes halogenated alkanes) is 1. The number of hydrogen-bond acceptors (Lipinski definition) is 4. The van der Waals surface area contributed by atoms with Crippen LogP contribution in [0.25, 0.3) is 0 Å². The van der Waals surface area contributed by atoms with Crippen molar-refractivity contribution in [2.75, 3.05) is 23.3 Å². The molecule has 0 radical (unpaired) electrons. The van der Waals surface area contributed by atoms with Crippen molar-refractivity contribution in [1.29, 1.82) is 0 Å². The maximum absolute atomic E-state index is 4.64. The van der Waals surface area contributed by atoms with E-state index in [2.05, 4.69) is 53.9 Å². The molecule has 0 fully saturated rings. The fourth-order valence-electron chi connectivity index (χ4n) is 2.15. The van der Waals surface area contributed by atoms with E-state index in [0.717, 1.165) is 43.4 Å². The van der Waals surface area contributed by atoms with Gasteiger partial charge in [0.1, 0.15) is 17.5 Å². The first-order valence-corrected chi connectivity index (χ1v) is 7.98. The van der Waals surface area contributed by atoms with Gasteiger partial charge in [-0.25, -0.2) is 9.97 Å². The molecule has 0 saturated carbocycles. The van der Waals surface area contributed by atoms with Gasteiger partial charge >= 0.3 is 0 Å². The highest BCUT2D eigenvalue weighted by molar-refractivity contribution is 5.50. The van der Waals surface area contributed by atoms with Crippen molar-refractivity contribution in [2.45, 2.75) is 66.3 Å². The van der Waals surface area contributed by atoms with E-state index >= 15 is 0 Å². The Balaban J connectivity index is 2.95. The molecule has 4 nitrogen and oxygen atoms in total. The molecule has 1 atom stereocenters. The third-order valence-corrected chi connectivity index (χ3v) is 3.55. The fraction of sp³-hybridized carbons (Fsp3) is 0.750. The lowest BCUT2D eigenvalue weighted by Crippen LogP contribution is -2.34. The van der Waals surface area contributed by atoms with Gasteiger partial charge in [-0.05, 0) is 33.1 Å². The zero-order valence-corrected chi connectivity index (χ0v) is 13.7. The molecular formula is C16H30N4. The van der Waals surface area contributed by atoms with Gasteiger partial charge < -0.3 is 10.2 Å². The van der Waals surface area contributed by atoms with E-state index in [-0.39, 0.29) is 0 Å². The Morgan fingerprint density at radius 2 is 1.95 bits per heavy atom. The van der Waals surface area contributed by atoms with Crippen molar-refractivity contribution in [3.05, 3.63) is 11.9 Å². The molecular weight excluding hydrogens is 248 g/mol. The molecule has 1 heterocycles. The zero-order valence-electron chi connectivity index (χ0n) is 13.7. The molecule has 0 amide bonds. The summed E-state index contributed by atoms with van der Waals surface area (Å²) in [7, 11) is 0. The van der Waals surface area contributed by atoms with Crippen LogP contribution in [0, 0.1) is 6.92 Å². The summed E-state index contributed by atoms with van der Waals surface area (Å²) in [6.45, 7) is 12.9. The molecule has 0 saturated heterocycles. The van der Waals surface area contributed by atoms with Crippen LogP contribution in [0.1, 0.15) is 59.2 Å². The lowest BCUT2D eigenvalue weighted by molar-refractivity contribution is 0.588. The van der Waals surface area contributed by atoms with Gasteiger partial charge in [-0.2, -0.15) is 0 Å². The zero-order chi connectivity index (χ0) is 15.0. The van der Waals surface area contributed by atoms with E-state index in [1.807, 2.05) is 6.92 Å². The van der Waals surface area contributed by atoms with Crippen LogP contribution in [0.15, 0.2) is 6.07 Å². The molecule has 0 aliphatic rings. The molecule has 1 N–H and O–H groups in total. The molecule has 0 aromatic carbocycles. The van der Waals surface area contributed by atoms with Gasteiger partial charge in [0.15, 0.2) is 0 Å². The second-order valence-corrected chi connectivity index (χ2v) is 5.39. The molecule has 1 aromatic heterocycles. The molecule has 4 heteroatoms. The molecule has 1 rings (SSSR count). The van der Waals surface area contributed by atoms with Crippen LogP contribution in [0.2, 0.25) is 0 Å². The van der Waals surface area contributed by atoms with Crippen molar-refractivity contribution in [2.24, 2.45) is 0 Å². The summed E-state index contributed by atoms with van der Waals surface area (Å²) >= 11 is 0. The first-order valence-electron chi connectivity index (χ1n) is 7.98. The van der Waals surface area contributed by atoms with Gasteiger partial charge in [-0.1, -0.05) is 27.2 Å². The Labute approximate surface area is 124 Å². The van der Waals surface area contributed by atoms with Crippen LogP contribution in [0.4, 0.5) is 11.6 Å². The van der Waals surface area contributed by atoms with E-state index in [1.54, 1.807) is 0 Å². The van der Waals surface area contributed by atoms with E-state index in [0.29, 0.717) is 6.04 Å². The highest BCUT2D eigenvalue weighted by Crippen LogP contribution is 2.20. The van der Waals surface area contributed by atoms with Crippen LogP contribution < -0.4 is 10.2 Å².